The molecule has 0 saturated heterocycles. The Balaban J connectivity index is 2.07. The highest BCUT2D eigenvalue weighted by Gasteiger charge is 2.17. The molecule has 1 aromatic carbocycles. The average Bonchev–Trinajstić information content (AvgIpc) is 2.39. The number of hydrogen-bond donors (Lipinski definition) is 0. The molecule has 0 amide bonds. The van der Waals surface area contributed by atoms with Crippen LogP contribution in [0.5, 0.6) is 5.75 Å². The first-order valence-corrected chi connectivity index (χ1v) is 7.06. The summed E-state index contributed by atoms with van der Waals surface area (Å²) in [6, 6.07) is 7.47. The van der Waals surface area contributed by atoms with Gasteiger partial charge in [0.1, 0.15) is 5.75 Å². The second kappa shape index (κ2) is 6.05. The number of ketones is 1. The van der Waals surface area contributed by atoms with Gasteiger partial charge >= 0.3 is 0 Å². The Morgan fingerprint density at radius 2 is 1.95 bits per heavy atom. The summed E-state index contributed by atoms with van der Waals surface area (Å²) >= 11 is 0. The van der Waals surface area contributed by atoms with Gasteiger partial charge in [-0.1, -0.05) is 13.0 Å². The number of Topliss-reactive ketones (excluding diaryl/α,β-unsaturated/α-hetero) is 1. The first-order valence-electron chi connectivity index (χ1n) is 7.06. The Bertz CT molecular complexity index is 469. The minimum Gasteiger partial charge on any atom is -0.491 e. The van der Waals surface area contributed by atoms with Crippen LogP contribution in [0.15, 0.2) is 35.9 Å². The maximum absolute atomic E-state index is 12.3. The van der Waals surface area contributed by atoms with Gasteiger partial charge in [-0.15, -0.1) is 0 Å². The van der Waals surface area contributed by atoms with E-state index in [9.17, 15) is 4.79 Å². The molecule has 0 aromatic heterocycles. The van der Waals surface area contributed by atoms with Crippen molar-refractivity contribution < 1.29 is 9.53 Å². The fourth-order valence-electron chi connectivity index (χ4n) is 2.31. The van der Waals surface area contributed by atoms with Gasteiger partial charge in [0.25, 0.3) is 0 Å². The third-order valence-corrected chi connectivity index (χ3v) is 3.45. The zero-order chi connectivity index (χ0) is 13.8. The van der Waals surface area contributed by atoms with E-state index in [-0.39, 0.29) is 11.9 Å². The molecule has 1 aromatic rings. The largest absolute Gasteiger partial charge is 0.491 e. The topological polar surface area (TPSA) is 26.3 Å². The fraction of sp³-hybridized carbons (Fsp3) is 0.471. The van der Waals surface area contributed by atoms with Gasteiger partial charge < -0.3 is 4.74 Å². The molecular formula is C17H22O2. The molecule has 2 heteroatoms. The molecule has 2 nitrogen and oxygen atoms in total. The smallest absolute Gasteiger partial charge is 0.188 e. The van der Waals surface area contributed by atoms with Crippen LogP contribution in [0.4, 0.5) is 0 Å². The van der Waals surface area contributed by atoms with Gasteiger partial charge in [0.05, 0.1) is 6.10 Å². The van der Waals surface area contributed by atoms with Crippen molar-refractivity contribution >= 4 is 5.78 Å². The van der Waals surface area contributed by atoms with E-state index in [1.165, 1.54) is 0 Å². The van der Waals surface area contributed by atoms with Crippen LogP contribution in [0.25, 0.3) is 0 Å². The van der Waals surface area contributed by atoms with E-state index in [0.29, 0.717) is 5.92 Å². The normalized spacial score (nSPS) is 19.2. The number of ether oxygens (including phenoxy) is 1. The summed E-state index contributed by atoms with van der Waals surface area (Å²) in [7, 11) is 0. The molecule has 1 atom stereocenters. The van der Waals surface area contributed by atoms with E-state index in [1.807, 2.05) is 38.1 Å². The maximum atomic E-state index is 12.3. The highest BCUT2D eigenvalue weighted by atomic mass is 16.5. The van der Waals surface area contributed by atoms with E-state index >= 15 is 0 Å². The molecule has 2 rings (SSSR count). The molecule has 1 unspecified atom stereocenters. The highest BCUT2D eigenvalue weighted by Crippen LogP contribution is 2.26. The molecule has 0 radical (unpaired) electrons. The van der Waals surface area contributed by atoms with Crippen LogP contribution in [0, 0.1) is 5.92 Å². The number of allylic oxidation sites excluding steroid dienone is 2. The van der Waals surface area contributed by atoms with E-state index in [1.54, 1.807) is 0 Å². The summed E-state index contributed by atoms with van der Waals surface area (Å²) in [6.07, 6.45) is 5.31. The standard InChI is InChI=1S/C17H22O2/c1-12(2)19-16-10-8-15(9-11-16)17(18)14-6-4-13(3)5-7-14/h6,8-13H,4-5,7H2,1-3H3. The van der Waals surface area contributed by atoms with Crippen molar-refractivity contribution in [3.8, 4) is 5.75 Å². The number of hydrogen-bond acceptors (Lipinski definition) is 2. The number of carbonyl (C=O) groups is 1. The van der Waals surface area contributed by atoms with Gasteiger partial charge in [-0.25, -0.2) is 0 Å². The average molecular weight is 258 g/mol. The van der Waals surface area contributed by atoms with Crippen molar-refractivity contribution in [2.24, 2.45) is 5.92 Å². The lowest BCUT2D eigenvalue weighted by molar-refractivity contribution is 0.102. The predicted molar refractivity (Wildman–Crippen MR) is 77.6 cm³/mol. The molecule has 0 fully saturated rings. The Kier molecular flexibility index (Phi) is 4.41. The van der Waals surface area contributed by atoms with Crippen LogP contribution in [0.2, 0.25) is 0 Å². The van der Waals surface area contributed by atoms with Gasteiger partial charge in [0, 0.05) is 5.56 Å². The molecule has 0 N–H and O–H groups in total. The second-order valence-corrected chi connectivity index (χ2v) is 5.63. The molecule has 1 aliphatic carbocycles. The quantitative estimate of drug-likeness (QED) is 0.748. The van der Waals surface area contributed by atoms with Crippen molar-refractivity contribution in [2.75, 3.05) is 0 Å². The summed E-state index contributed by atoms with van der Waals surface area (Å²) in [4.78, 5) is 12.3. The molecule has 0 bridgehead atoms. The minimum absolute atomic E-state index is 0.157. The van der Waals surface area contributed by atoms with Crippen LogP contribution >= 0.6 is 0 Å². The molecule has 1 aliphatic rings. The van der Waals surface area contributed by atoms with Gasteiger partial charge in [-0.2, -0.15) is 0 Å². The van der Waals surface area contributed by atoms with Crippen molar-refractivity contribution in [1.29, 1.82) is 0 Å². The third kappa shape index (κ3) is 3.69. The molecule has 19 heavy (non-hydrogen) atoms. The Hall–Kier alpha value is -1.57. The summed E-state index contributed by atoms with van der Waals surface area (Å²) in [6.45, 7) is 6.22. The fourth-order valence-corrected chi connectivity index (χ4v) is 2.31. The van der Waals surface area contributed by atoms with Crippen LogP contribution in [0.3, 0.4) is 0 Å². The third-order valence-electron chi connectivity index (χ3n) is 3.45. The van der Waals surface area contributed by atoms with Crippen molar-refractivity contribution in [3.63, 3.8) is 0 Å². The summed E-state index contributed by atoms with van der Waals surface area (Å²) in [5, 5.41) is 0. The lowest BCUT2D eigenvalue weighted by Crippen LogP contribution is -2.10. The number of carbonyl (C=O) groups excluding carboxylic acids is 1. The first-order chi connectivity index (χ1) is 9.06. The van der Waals surface area contributed by atoms with Crippen LogP contribution < -0.4 is 4.74 Å². The SMILES string of the molecule is CC1CC=C(C(=O)c2ccc(OC(C)C)cc2)CC1. The molecule has 0 heterocycles. The second-order valence-electron chi connectivity index (χ2n) is 5.63. The summed E-state index contributed by atoms with van der Waals surface area (Å²) < 4.78 is 5.58. The van der Waals surface area contributed by atoms with Gasteiger partial charge in [0.15, 0.2) is 5.78 Å². The van der Waals surface area contributed by atoms with Gasteiger partial charge in [-0.05, 0) is 68.9 Å². The van der Waals surface area contributed by atoms with E-state index in [0.717, 1.165) is 36.1 Å². The lowest BCUT2D eigenvalue weighted by Gasteiger charge is -2.17. The molecule has 0 saturated carbocycles. The highest BCUT2D eigenvalue weighted by molar-refractivity contribution is 6.08. The van der Waals surface area contributed by atoms with Crippen LogP contribution in [-0.4, -0.2) is 11.9 Å². The van der Waals surface area contributed by atoms with E-state index < -0.39 is 0 Å². The van der Waals surface area contributed by atoms with Gasteiger partial charge in [-0.3, -0.25) is 4.79 Å². The van der Waals surface area contributed by atoms with E-state index in [2.05, 4.69) is 13.0 Å². The zero-order valence-corrected chi connectivity index (χ0v) is 12.0. The first kappa shape index (κ1) is 13.9. The van der Waals surface area contributed by atoms with Crippen LogP contribution in [0.1, 0.15) is 50.4 Å². The molecule has 102 valence electrons. The summed E-state index contributed by atoms with van der Waals surface area (Å²) in [5.74, 6) is 1.69. The predicted octanol–water partition coefficient (Wildman–Crippen LogP) is 4.40. The van der Waals surface area contributed by atoms with E-state index in [4.69, 9.17) is 4.74 Å². The number of rotatable bonds is 4. The Morgan fingerprint density at radius 1 is 1.26 bits per heavy atom. The number of benzene rings is 1. The lowest BCUT2D eigenvalue weighted by atomic mass is 9.87. The minimum atomic E-state index is 0.157. The van der Waals surface area contributed by atoms with Crippen molar-refractivity contribution in [1.82, 2.24) is 0 Å². The maximum Gasteiger partial charge on any atom is 0.188 e. The van der Waals surface area contributed by atoms with Gasteiger partial charge in [0.2, 0.25) is 0 Å². The molecular weight excluding hydrogens is 236 g/mol. The molecule has 0 spiro atoms. The summed E-state index contributed by atoms with van der Waals surface area (Å²) in [5.41, 5.74) is 1.73. The van der Waals surface area contributed by atoms with Crippen LogP contribution in [-0.2, 0) is 0 Å². The van der Waals surface area contributed by atoms with Crippen molar-refractivity contribution in [3.05, 3.63) is 41.5 Å². The Labute approximate surface area is 115 Å². The zero-order valence-electron chi connectivity index (χ0n) is 12.0. The van der Waals surface area contributed by atoms with Crippen molar-refractivity contribution in [2.45, 2.75) is 46.1 Å². The Morgan fingerprint density at radius 3 is 2.47 bits per heavy atom. The molecule has 0 aliphatic heterocycles. The monoisotopic (exact) mass is 258 g/mol.